The molecule has 382 valence electrons. The van der Waals surface area contributed by atoms with E-state index in [-0.39, 0.29) is 0 Å². The molecule has 17 rings (SSSR count). The lowest BCUT2D eigenvalue weighted by Gasteiger charge is -2.12. The largest absolute Gasteiger partial charge is 0.309 e. The number of aromatic nitrogens is 7. The number of fused-ring (bicyclic) bond motifs is 12. The number of para-hydroxylation sites is 3. The van der Waals surface area contributed by atoms with Gasteiger partial charge in [-0.25, -0.2) is 4.98 Å². The number of hydrogen-bond donors (Lipinski definition) is 0. The van der Waals surface area contributed by atoms with Gasteiger partial charge in [-0.3, -0.25) is 4.57 Å². The van der Waals surface area contributed by atoms with E-state index in [9.17, 15) is 0 Å². The third-order valence-electron chi connectivity index (χ3n) is 16.6. The van der Waals surface area contributed by atoms with E-state index in [1.54, 1.807) is 0 Å². The van der Waals surface area contributed by atoms with Crippen LogP contribution >= 0.6 is 0 Å². The third-order valence-corrected chi connectivity index (χ3v) is 16.6. The molecule has 0 saturated heterocycles. The van der Waals surface area contributed by atoms with Crippen LogP contribution < -0.4 is 0 Å². The highest BCUT2D eigenvalue weighted by Crippen LogP contribution is 2.42. The highest BCUT2D eigenvalue weighted by molar-refractivity contribution is 6.16. The lowest BCUT2D eigenvalue weighted by Crippen LogP contribution is -2.06. The van der Waals surface area contributed by atoms with Gasteiger partial charge in [0.1, 0.15) is 0 Å². The standard InChI is InChI=1S/C75H47N7/c1-5-19-48(20-6-1)52-33-38-60-57-27-13-16-30-65(57)80(71(60)43-52)55-35-40-68-63(46-55)64-47-56(81-66-31-17-14-28-58(66)61-39-34-53(44-72(61)81)49-21-7-2-8-22-49)36-41-69(64)79(68)54-37-42-70-62(45-54)59-29-15-18-32-67(59)82(70)75-77-73(50-23-9-3-10-24-50)76-74(78-75)51-25-11-4-12-26-51/h1-47H. The maximum absolute atomic E-state index is 5.23. The fraction of sp³-hybridized carbons (Fsp3) is 0. The van der Waals surface area contributed by atoms with Crippen molar-refractivity contribution in [2.24, 2.45) is 0 Å². The minimum absolute atomic E-state index is 0.561. The van der Waals surface area contributed by atoms with Gasteiger partial charge in [-0.15, -0.1) is 0 Å². The van der Waals surface area contributed by atoms with Gasteiger partial charge in [-0.2, -0.15) is 9.97 Å². The summed E-state index contributed by atoms with van der Waals surface area (Å²) in [5.74, 6) is 1.79. The average Bonchev–Trinajstić information content (AvgIpc) is 3.10. The average molecular weight is 1050 g/mol. The van der Waals surface area contributed by atoms with Crippen LogP contribution in [0.4, 0.5) is 0 Å². The van der Waals surface area contributed by atoms with Gasteiger partial charge in [-0.05, 0) is 107 Å². The smallest absolute Gasteiger partial charge is 0.238 e. The van der Waals surface area contributed by atoms with Gasteiger partial charge in [0.05, 0.1) is 44.1 Å². The first kappa shape index (κ1) is 45.8. The molecule has 0 bridgehead atoms. The second kappa shape index (κ2) is 18.2. The summed E-state index contributed by atoms with van der Waals surface area (Å²) in [4.78, 5) is 15.5. The van der Waals surface area contributed by atoms with Crippen molar-refractivity contribution in [3.8, 4) is 68.0 Å². The molecule has 7 heteroatoms. The number of nitrogens with zero attached hydrogens (tertiary/aromatic N) is 7. The summed E-state index contributed by atoms with van der Waals surface area (Å²) in [5, 5.41) is 9.39. The molecular formula is C75H47N7. The van der Waals surface area contributed by atoms with E-state index in [0.29, 0.717) is 17.6 Å². The molecular weight excluding hydrogens is 999 g/mol. The van der Waals surface area contributed by atoms with Gasteiger partial charge in [0.2, 0.25) is 5.95 Å². The first-order valence-corrected chi connectivity index (χ1v) is 27.8. The van der Waals surface area contributed by atoms with Crippen molar-refractivity contribution in [2.45, 2.75) is 0 Å². The summed E-state index contributed by atoms with van der Waals surface area (Å²) in [6.45, 7) is 0. The van der Waals surface area contributed by atoms with Gasteiger partial charge in [0.25, 0.3) is 0 Å². The molecule has 0 aliphatic rings. The Balaban J connectivity index is 0.914. The molecule has 12 aromatic carbocycles. The van der Waals surface area contributed by atoms with Crippen molar-refractivity contribution in [1.82, 2.24) is 33.2 Å². The van der Waals surface area contributed by atoms with Crippen molar-refractivity contribution in [3.63, 3.8) is 0 Å². The molecule has 7 nitrogen and oxygen atoms in total. The molecule has 0 spiro atoms. The van der Waals surface area contributed by atoms with Gasteiger partial charge in [0, 0.05) is 71.3 Å². The maximum Gasteiger partial charge on any atom is 0.238 e. The Bertz CT molecular complexity index is 5110. The predicted molar refractivity (Wildman–Crippen MR) is 339 cm³/mol. The first-order valence-electron chi connectivity index (χ1n) is 27.8. The van der Waals surface area contributed by atoms with Gasteiger partial charge < -0.3 is 13.7 Å². The summed E-state index contributed by atoms with van der Waals surface area (Å²) in [7, 11) is 0. The molecule has 82 heavy (non-hydrogen) atoms. The summed E-state index contributed by atoms with van der Waals surface area (Å²) < 4.78 is 9.56. The Labute approximate surface area is 471 Å². The first-order chi connectivity index (χ1) is 40.7. The molecule has 0 radical (unpaired) electrons. The van der Waals surface area contributed by atoms with Crippen molar-refractivity contribution in [1.29, 1.82) is 0 Å². The third kappa shape index (κ3) is 7.13. The molecule has 0 amide bonds. The van der Waals surface area contributed by atoms with Gasteiger partial charge in [-0.1, -0.05) is 200 Å². The van der Waals surface area contributed by atoms with E-state index < -0.39 is 0 Å². The van der Waals surface area contributed by atoms with Crippen LogP contribution in [0.5, 0.6) is 0 Å². The Morgan fingerprint density at radius 2 is 0.488 bits per heavy atom. The lowest BCUT2D eigenvalue weighted by molar-refractivity contribution is 0.953. The van der Waals surface area contributed by atoms with Crippen LogP contribution in [0.15, 0.2) is 285 Å². The molecule has 0 aliphatic heterocycles. The Morgan fingerprint density at radius 3 is 0.915 bits per heavy atom. The maximum atomic E-state index is 5.23. The van der Waals surface area contributed by atoms with E-state index in [2.05, 4.69) is 267 Å². The van der Waals surface area contributed by atoms with Crippen molar-refractivity contribution < 1.29 is 0 Å². The van der Waals surface area contributed by atoms with Crippen LogP contribution in [0.3, 0.4) is 0 Å². The second-order valence-electron chi connectivity index (χ2n) is 21.2. The Hall–Kier alpha value is -11.2. The monoisotopic (exact) mass is 1050 g/mol. The minimum Gasteiger partial charge on any atom is -0.309 e. The van der Waals surface area contributed by atoms with Crippen LogP contribution in [0.1, 0.15) is 0 Å². The van der Waals surface area contributed by atoms with Crippen molar-refractivity contribution in [2.75, 3.05) is 0 Å². The number of rotatable bonds is 8. The zero-order valence-electron chi connectivity index (χ0n) is 44.3. The van der Waals surface area contributed by atoms with E-state index >= 15 is 0 Å². The molecule has 17 aromatic rings. The molecule has 0 aliphatic carbocycles. The van der Waals surface area contributed by atoms with E-state index in [0.717, 1.165) is 93.9 Å². The zero-order valence-corrected chi connectivity index (χ0v) is 44.3. The SMILES string of the molecule is c1ccc(-c2ccc3c4ccccc4n(-c4ccc5c(c4)c4cc(-n6c7ccccc7c7ccc(-c8ccccc8)cc76)ccc4n5-c4ccc5c(c4)c4ccccc4n5-c4nc(-c5ccccc5)nc(-c5ccccc5)n4)c3c2)cc1. The van der Waals surface area contributed by atoms with E-state index in [4.69, 9.17) is 15.0 Å². The molecule has 5 aromatic heterocycles. The molecule has 0 atom stereocenters. The summed E-state index contributed by atoms with van der Waals surface area (Å²) in [6.07, 6.45) is 0. The number of benzene rings is 12. The second-order valence-corrected chi connectivity index (χ2v) is 21.2. The Morgan fingerprint density at radius 1 is 0.183 bits per heavy atom. The fourth-order valence-corrected chi connectivity index (χ4v) is 12.9. The van der Waals surface area contributed by atoms with Crippen LogP contribution in [-0.4, -0.2) is 33.2 Å². The quantitative estimate of drug-likeness (QED) is 0.152. The molecule has 0 saturated carbocycles. The van der Waals surface area contributed by atoms with E-state index in [1.807, 2.05) is 36.4 Å². The molecule has 0 unspecified atom stereocenters. The topological polar surface area (TPSA) is 58.4 Å². The normalized spacial score (nSPS) is 11.9. The Kier molecular flexibility index (Phi) is 10.2. The van der Waals surface area contributed by atoms with Crippen LogP contribution in [0, 0.1) is 0 Å². The van der Waals surface area contributed by atoms with Crippen LogP contribution in [0.2, 0.25) is 0 Å². The minimum atomic E-state index is 0.561. The predicted octanol–water partition coefficient (Wildman–Crippen LogP) is 18.9. The van der Waals surface area contributed by atoms with Crippen LogP contribution in [0.25, 0.3) is 155 Å². The van der Waals surface area contributed by atoms with Gasteiger partial charge in [0.15, 0.2) is 11.6 Å². The number of hydrogen-bond acceptors (Lipinski definition) is 3. The van der Waals surface area contributed by atoms with Gasteiger partial charge >= 0.3 is 0 Å². The summed E-state index contributed by atoms with van der Waals surface area (Å²) >= 11 is 0. The summed E-state index contributed by atoms with van der Waals surface area (Å²) in [5.41, 5.74) is 18.7. The fourth-order valence-electron chi connectivity index (χ4n) is 12.9. The van der Waals surface area contributed by atoms with E-state index in [1.165, 1.54) is 43.8 Å². The van der Waals surface area contributed by atoms with Crippen molar-refractivity contribution in [3.05, 3.63) is 285 Å². The summed E-state index contributed by atoms with van der Waals surface area (Å²) in [6, 6.07) is 103. The molecule has 5 heterocycles. The lowest BCUT2D eigenvalue weighted by atomic mass is 10.0. The van der Waals surface area contributed by atoms with Crippen LogP contribution in [-0.2, 0) is 0 Å². The molecule has 0 N–H and O–H groups in total. The highest BCUT2D eigenvalue weighted by Gasteiger charge is 2.23. The molecule has 0 fully saturated rings. The zero-order chi connectivity index (χ0) is 53.8. The van der Waals surface area contributed by atoms with Crippen molar-refractivity contribution >= 4 is 87.2 Å². The highest BCUT2D eigenvalue weighted by atomic mass is 15.2.